The molecule has 9 nitrogen and oxygen atoms in total. The SMILES string of the molecule is C[C@@H]1CN(c2cc(F)c(-c3ccc(N4CCO[C@@H](C)C4)nc3)c(F)c2NC(=O)c2cc(C(F)(F)F)cc(=O)[nH]2)C[C@H](C)N1C. The van der Waals surface area contributed by atoms with Crippen molar-refractivity contribution in [3.05, 3.63) is 69.8 Å². The number of nitrogens with one attached hydrogen (secondary N) is 2. The molecule has 0 spiro atoms. The summed E-state index contributed by atoms with van der Waals surface area (Å²) in [5, 5.41) is 2.33. The Kier molecular flexibility index (Phi) is 8.67. The molecule has 2 fully saturated rings. The number of benzene rings is 1. The van der Waals surface area contributed by atoms with E-state index in [4.69, 9.17) is 4.74 Å². The van der Waals surface area contributed by atoms with Crippen molar-refractivity contribution in [3.8, 4) is 11.1 Å². The number of anilines is 3. The van der Waals surface area contributed by atoms with E-state index < -0.39 is 51.8 Å². The van der Waals surface area contributed by atoms with Gasteiger partial charge in [0.15, 0.2) is 5.82 Å². The predicted octanol–water partition coefficient (Wildman–Crippen LogP) is 4.74. The summed E-state index contributed by atoms with van der Waals surface area (Å²) in [6.07, 6.45) is -3.58. The maximum absolute atomic E-state index is 16.4. The summed E-state index contributed by atoms with van der Waals surface area (Å²) in [5.41, 5.74) is -4.01. The molecule has 2 aromatic heterocycles. The van der Waals surface area contributed by atoms with Gasteiger partial charge in [0.2, 0.25) is 5.56 Å². The zero-order valence-electron chi connectivity index (χ0n) is 24.6. The smallest absolute Gasteiger partial charge is 0.375 e. The van der Waals surface area contributed by atoms with E-state index in [1.165, 1.54) is 12.3 Å². The number of hydrogen-bond acceptors (Lipinski definition) is 7. The second kappa shape index (κ2) is 12.2. The zero-order valence-corrected chi connectivity index (χ0v) is 24.6. The molecule has 2 saturated heterocycles. The molecule has 3 aromatic rings. The number of likely N-dealkylation sites (N-methyl/N-ethyl adjacent to an activating group) is 1. The Labute approximate surface area is 250 Å². The van der Waals surface area contributed by atoms with Gasteiger partial charge in [-0.1, -0.05) is 0 Å². The van der Waals surface area contributed by atoms with Crippen LogP contribution in [0.4, 0.5) is 39.1 Å². The third-order valence-electron chi connectivity index (χ3n) is 8.15. The van der Waals surface area contributed by atoms with Gasteiger partial charge in [-0.3, -0.25) is 14.5 Å². The number of piperazine rings is 1. The van der Waals surface area contributed by atoms with Gasteiger partial charge in [0.05, 0.1) is 29.5 Å². The number of hydrogen-bond donors (Lipinski definition) is 2. The summed E-state index contributed by atoms with van der Waals surface area (Å²) < 4.78 is 77.8. The third-order valence-corrected chi connectivity index (χ3v) is 8.15. The van der Waals surface area contributed by atoms with Crippen LogP contribution in [-0.2, 0) is 10.9 Å². The van der Waals surface area contributed by atoms with E-state index in [0.29, 0.717) is 50.7 Å². The first kappa shape index (κ1) is 31.4. The number of morpholine rings is 1. The maximum Gasteiger partial charge on any atom is 0.416 e. The number of carbonyl (C=O) groups excluding carboxylic acids is 1. The van der Waals surface area contributed by atoms with Gasteiger partial charge in [0, 0.05) is 62.2 Å². The first-order valence-corrected chi connectivity index (χ1v) is 14.2. The number of rotatable bonds is 5. The van der Waals surface area contributed by atoms with Crippen LogP contribution in [0.3, 0.4) is 0 Å². The lowest BCUT2D eigenvalue weighted by Gasteiger charge is -2.44. The standard InChI is InChI=1S/C30H33F5N6O3/c1-16-13-41(14-17(2)39(16)4)23-11-21(31)26(19-5-6-24(36-12-19)40-7-8-44-18(3)15-40)27(32)28(23)38-29(43)22-9-20(30(33,34)35)10-25(42)37-22/h5-6,9-12,16-18H,7-8,13-15H2,1-4H3,(H,37,42)(H,38,43)/t16-,17+,18-/m0/s1. The van der Waals surface area contributed by atoms with E-state index in [1.807, 2.05) is 32.7 Å². The minimum atomic E-state index is -4.90. The van der Waals surface area contributed by atoms with Crippen molar-refractivity contribution < 1.29 is 31.5 Å². The molecule has 236 valence electrons. The van der Waals surface area contributed by atoms with Crippen LogP contribution in [0.15, 0.2) is 41.3 Å². The molecule has 0 bridgehead atoms. The summed E-state index contributed by atoms with van der Waals surface area (Å²) in [6.45, 7) is 8.24. The molecule has 5 rings (SSSR count). The topological polar surface area (TPSA) is 93.8 Å². The van der Waals surface area contributed by atoms with Crippen LogP contribution in [0, 0.1) is 11.6 Å². The van der Waals surface area contributed by atoms with E-state index in [2.05, 4.69) is 20.2 Å². The highest BCUT2D eigenvalue weighted by Crippen LogP contribution is 2.40. The second-order valence-electron chi connectivity index (χ2n) is 11.3. The molecule has 44 heavy (non-hydrogen) atoms. The Hall–Kier alpha value is -4.04. The van der Waals surface area contributed by atoms with Crippen LogP contribution in [-0.4, -0.2) is 78.8 Å². The lowest BCUT2D eigenvalue weighted by molar-refractivity contribution is -0.137. The first-order chi connectivity index (χ1) is 20.7. The minimum absolute atomic E-state index is 0.00870. The van der Waals surface area contributed by atoms with Crippen LogP contribution in [0.1, 0.15) is 36.8 Å². The Bertz CT molecular complexity index is 1580. The summed E-state index contributed by atoms with van der Waals surface area (Å²) in [4.78, 5) is 37.5. The Morgan fingerprint density at radius 2 is 1.75 bits per heavy atom. The second-order valence-corrected chi connectivity index (χ2v) is 11.3. The van der Waals surface area contributed by atoms with Crippen LogP contribution in [0.5, 0.6) is 0 Å². The van der Waals surface area contributed by atoms with Crippen molar-refractivity contribution in [2.45, 2.75) is 45.1 Å². The summed E-state index contributed by atoms with van der Waals surface area (Å²) in [7, 11) is 1.93. The van der Waals surface area contributed by atoms with Gasteiger partial charge in [-0.25, -0.2) is 13.8 Å². The fourth-order valence-electron chi connectivity index (χ4n) is 5.60. The van der Waals surface area contributed by atoms with Gasteiger partial charge < -0.3 is 24.8 Å². The van der Waals surface area contributed by atoms with Gasteiger partial charge in [0.25, 0.3) is 5.91 Å². The molecule has 14 heteroatoms. The Morgan fingerprint density at radius 1 is 1.05 bits per heavy atom. The molecule has 3 atom stereocenters. The summed E-state index contributed by atoms with van der Waals surface area (Å²) in [5.74, 6) is -2.63. The molecule has 0 unspecified atom stereocenters. The first-order valence-electron chi connectivity index (χ1n) is 14.2. The number of amides is 1. The van der Waals surface area contributed by atoms with E-state index in [-0.39, 0.29) is 29.4 Å². The average Bonchev–Trinajstić information content (AvgIpc) is 2.96. The fraction of sp³-hybridized carbons (Fsp3) is 0.433. The normalized spacial score (nSPS) is 21.4. The van der Waals surface area contributed by atoms with E-state index in [9.17, 15) is 22.8 Å². The number of H-pyrrole nitrogens is 1. The molecule has 2 aliphatic rings. The van der Waals surface area contributed by atoms with Gasteiger partial charge in [-0.05, 0) is 46.0 Å². The quantitative estimate of drug-likeness (QED) is 0.398. The van der Waals surface area contributed by atoms with Crippen molar-refractivity contribution in [1.29, 1.82) is 0 Å². The Morgan fingerprint density at radius 3 is 2.36 bits per heavy atom. The van der Waals surface area contributed by atoms with Crippen LogP contribution in [0.25, 0.3) is 11.1 Å². The van der Waals surface area contributed by atoms with E-state index in [0.717, 1.165) is 6.07 Å². The number of nitrogens with zero attached hydrogens (tertiary/aromatic N) is 4. The van der Waals surface area contributed by atoms with Crippen molar-refractivity contribution in [2.75, 3.05) is 55.0 Å². The van der Waals surface area contributed by atoms with Crippen LogP contribution in [0.2, 0.25) is 0 Å². The molecule has 0 aliphatic carbocycles. The summed E-state index contributed by atoms with van der Waals surface area (Å²) in [6, 6.07) is 4.99. The number of halogens is 5. The largest absolute Gasteiger partial charge is 0.416 e. The minimum Gasteiger partial charge on any atom is -0.375 e. The van der Waals surface area contributed by atoms with Gasteiger partial charge in [-0.2, -0.15) is 13.2 Å². The average molecular weight is 621 g/mol. The van der Waals surface area contributed by atoms with Crippen LogP contribution < -0.4 is 20.7 Å². The molecule has 2 aliphatic heterocycles. The molecular weight excluding hydrogens is 587 g/mol. The number of carbonyl (C=O) groups is 1. The molecule has 1 aromatic carbocycles. The summed E-state index contributed by atoms with van der Waals surface area (Å²) >= 11 is 0. The number of alkyl halides is 3. The predicted molar refractivity (Wildman–Crippen MR) is 156 cm³/mol. The lowest BCUT2D eigenvalue weighted by atomic mass is 10.0. The molecular formula is C30H33F5N6O3. The van der Waals surface area contributed by atoms with Crippen LogP contribution >= 0.6 is 0 Å². The van der Waals surface area contributed by atoms with Crippen molar-refractivity contribution in [2.24, 2.45) is 0 Å². The zero-order chi connectivity index (χ0) is 31.9. The van der Waals surface area contributed by atoms with Gasteiger partial charge >= 0.3 is 6.18 Å². The molecule has 4 heterocycles. The highest BCUT2D eigenvalue weighted by atomic mass is 19.4. The van der Waals surface area contributed by atoms with E-state index in [1.54, 1.807) is 11.0 Å². The van der Waals surface area contributed by atoms with E-state index >= 15 is 8.78 Å². The molecule has 0 saturated carbocycles. The highest BCUT2D eigenvalue weighted by molar-refractivity contribution is 6.05. The number of ether oxygens (including phenoxy) is 1. The van der Waals surface area contributed by atoms with Crippen molar-refractivity contribution in [1.82, 2.24) is 14.9 Å². The number of pyridine rings is 2. The third kappa shape index (κ3) is 6.41. The van der Waals surface area contributed by atoms with Gasteiger partial charge in [0.1, 0.15) is 23.0 Å². The maximum atomic E-state index is 16.4. The monoisotopic (exact) mass is 620 g/mol. The van der Waals surface area contributed by atoms with Crippen molar-refractivity contribution in [3.63, 3.8) is 0 Å². The Balaban J connectivity index is 1.57. The fourth-order valence-corrected chi connectivity index (χ4v) is 5.60. The number of aromatic amines is 1. The molecule has 1 amide bonds. The number of aromatic nitrogens is 2. The van der Waals surface area contributed by atoms with Crippen molar-refractivity contribution >= 4 is 23.1 Å². The molecule has 2 N–H and O–H groups in total. The highest BCUT2D eigenvalue weighted by Gasteiger charge is 2.34. The molecule has 0 radical (unpaired) electrons. The van der Waals surface area contributed by atoms with Gasteiger partial charge in [-0.15, -0.1) is 0 Å². The lowest BCUT2D eigenvalue weighted by Crippen LogP contribution is -2.55.